The molecule has 0 heterocycles. The van der Waals surface area contributed by atoms with Gasteiger partial charge in [-0.2, -0.15) is 17.5 Å². The van der Waals surface area contributed by atoms with Gasteiger partial charge in [-0.15, -0.1) is 0 Å². The molecule has 0 amide bonds. The zero-order valence-corrected chi connectivity index (χ0v) is 10.0. The fraction of sp³-hybridized carbons (Fsp3) is 1.00. The van der Waals surface area contributed by atoms with E-state index in [9.17, 15) is 13.0 Å². The van der Waals surface area contributed by atoms with E-state index in [-0.39, 0.29) is 5.75 Å². The highest BCUT2D eigenvalue weighted by atomic mass is 32.2. The lowest BCUT2D eigenvalue weighted by molar-refractivity contribution is -0.0121. The van der Waals surface area contributed by atoms with Crippen LogP contribution >= 0.6 is 7.75 Å². The fourth-order valence-electron chi connectivity index (χ4n) is 0.687. The van der Waals surface area contributed by atoms with Crippen LogP contribution in [0, 0.1) is 0 Å². The van der Waals surface area contributed by atoms with Crippen molar-refractivity contribution in [1.29, 1.82) is 0 Å². The zero-order chi connectivity index (χ0) is 11.4. The van der Waals surface area contributed by atoms with Crippen LogP contribution in [0.15, 0.2) is 0 Å². The lowest BCUT2D eigenvalue weighted by Gasteiger charge is -2.16. The maximum atomic E-state index is 11.2. The summed E-state index contributed by atoms with van der Waals surface area (Å²) in [5.41, 5.74) is 5.02. The number of nitrogens with two attached hydrogens (primary N) is 1. The van der Waals surface area contributed by atoms with E-state index in [0.717, 1.165) is 5.06 Å². The molecule has 0 aromatic carbocycles. The SMILES string of the molecule is CCCS(=O)(=O)OP(N)(=O)ON(C)C. The van der Waals surface area contributed by atoms with Crippen LogP contribution in [0.1, 0.15) is 13.3 Å². The minimum atomic E-state index is -4.06. The Morgan fingerprint density at radius 3 is 2.29 bits per heavy atom. The Bertz CT molecular complexity index is 314. The van der Waals surface area contributed by atoms with Gasteiger partial charge in [-0.25, -0.2) is 14.7 Å². The molecule has 9 heteroatoms. The van der Waals surface area contributed by atoms with Crippen molar-refractivity contribution in [1.82, 2.24) is 5.06 Å². The molecule has 0 radical (unpaired) electrons. The molecule has 7 nitrogen and oxygen atoms in total. The Balaban J connectivity index is 4.43. The number of nitrogens with zero attached hydrogens (tertiary/aromatic N) is 1. The van der Waals surface area contributed by atoms with Gasteiger partial charge < -0.3 is 0 Å². The van der Waals surface area contributed by atoms with Crippen LogP contribution in [0.25, 0.3) is 0 Å². The van der Waals surface area contributed by atoms with Crippen LogP contribution in [0.2, 0.25) is 0 Å². The molecule has 0 rings (SSSR count). The van der Waals surface area contributed by atoms with Gasteiger partial charge in [0.1, 0.15) is 0 Å². The minimum Gasteiger partial charge on any atom is -0.238 e. The number of rotatable bonds is 6. The molecule has 0 aliphatic heterocycles. The van der Waals surface area contributed by atoms with Gasteiger partial charge >= 0.3 is 7.75 Å². The number of hydroxylamine groups is 2. The first-order chi connectivity index (χ1) is 6.18. The van der Waals surface area contributed by atoms with E-state index in [1.165, 1.54) is 14.1 Å². The van der Waals surface area contributed by atoms with Crippen molar-refractivity contribution in [2.45, 2.75) is 13.3 Å². The molecule has 0 aromatic rings. The molecule has 1 unspecified atom stereocenters. The highest BCUT2D eigenvalue weighted by Gasteiger charge is 2.28. The van der Waals surface area contributed by atoms with E-state index < -0.39 is 17.9 Å². The van der Waals surface area contributed by atoms with E-state index in [2.05, 4.69) is 8.59 Å². The summed E-state index contributed by atoms with van der Waals surface area (Å²) in [6.45, 7) is 1.65. The Hall–Kier alpha value is 0.0200. The average molecular weight is 246 g/mol. The summed E-state index contributed by atoms with van der Waals surface area (Å²) in [4.78, 5) is 0. The van der Waals surface area contributed by atoms with Crippen molar-refractivity contribution >= 4 is 17.9 Å². The molecular formula is C5H15N2O5PS. The third-order valence-corrected chi connectivity index (χ3v) is 4.15. The topological polar surface area (TPSA) is 98.9 Å². The van der Waals surface area contributed by atoms with Gasteiger partial charge in [0.25, 0.3) is 10.1 Å². The van der Waals surface area contributed by atoms with Crippen LogP contribution in [0.5, 0.6) is 0 Å². The first-order valence-corrected chi connectivity index (χ1v) is 7.07. The van der Waals surface area contributed by atoms with Crippen molar-refractivity contribution in [3.63, 3.8) is 0 Å². The number of hydrogen-bond donors (Lipinski definition) is 1. The quantitative estimate of drug-likeness (QED) is 0.531. The number of hydrogen-bond acceptors (Lipinski definition) is 6. The largest absolute Gasteiger partial charge is 0.434 e. The second kappa shape index (κ2) is 5.20. The van der Waals surface area contributed by atoms with E-state index in [1.54, 1.807) is 6.92 Å². The molecule has 14 heavy (non-hydrogen) atoms. The second-order valence-electron chi connectivity index (χ2n) is 2.77. The summed E-state index contributed by atoms with van der Waals surface area (Å²) in [5.74, 6) is -0.245. The van der Waals surface area contributed by atoms with Crippen LogP contribution in [-0.2, 0) is 23.3 Å². The fourth-order valence-corrected chi connectivity index (χ4v) is 3.32. The summed E-state index contributed by atoms with van der Waals surface area (Å²) in [6, 6.07) is 0. The molecule has 0 fully saturated rings. The minimum absolute atomic E-state index is 0.245. The maximum absolute atomic E-state index is 11.2. The third-order valence-electron chi connectivity index (χ3n) is 0.949. The lowest BCUT2D eigenvalue weighted by atomic mass is 10.6. The van der Waals surface area contributed by atoms with Crippen molar-refractivity contribution in [2.24, 2.45) is 5.50 Å². The summed E-state index contributed by atoms with van der Waals surface area (Å²) in [5, 5.41) is 1.02. The van der Waals surface area contributed by atoms with Gasteiger partial charge in [-0.1, -0.05) is 6.92 Å². The standard InChI is InChI=1S/C5H15N2O5PS/c1-4-5-14(9,10)12-13(6,8)11-7(2)3/h4-5H2,1-3H3,(H2,6,8). The highest BCUT2D eigenvalue weighted by Crippen LogP contribution is 2.41. The van der Waals surface area contributed by atoms with Gasteiger partial charge in [0, 0.05) is 14.1 Å². The molecule has 2 N–H and O–H groups in total. The molecule has 1 atom stereocenters. The summed E-state index contributed by atoms with van der Waals surface area (Å²) < 4.78 is 42.0. The Kier molecular flexibility index (Phi) is 5.21. The summed E-state index contributed by atoms with van der Waals surface area (Å²) in [7, 11) is -5.11. The van der Waals surface area contributed by atoms with Gasteiger partial charge in [-0.05, 0) is 6.42 Å². The van der Waals surface area contributed by atoms with Crippen LogP contribution in [0.4, 0.5) is 0 Å². The average Bonchev–Trinajstić information content (AvgIpc) is 1.78. The third kappa shape index (κ3) is 6.47. The Labute approximate surface area is 83.8 Å². The first-order valence-electron chi connectivity index (χ1n) is 3.88. The monoisotopic (exact) mass is 246 g/mol. The van der Waals surface area contributed by atoms with Crippen molar-refractivity contribution in [3.05, 3.63) is 0 Å². The van der Waals surface area contributed by atoms with E-state index in [0.29, 0.717) is 6.42 Å². The van der Waals surface area contributed by atoms with Crippen LogP contribution in [-0.4, -0.2) is 33.3 Å². The zero-order valence-electron chi connectivity index (χ0n) is 8.34. The van der Waals surface area contributed by atoms with Crippen LogP contribution in [0.3, 0.4) is 0 Å². The van der Waals surface area contributed by atoms with Gasteiger partial charge in [0.15, 0.2) is 0 Å². The molecule has 0 saturated heterocycles. The van der Waals surface area contributed by atoms with Gasteiger partial charge in [0.05, 0.1) is 5.75 Å². The molecule has 0 spiro atoms. The van der Waals surface area contributed by atoms with Crippen molar-refractivity contribution < 1.29 is 21.6 Å². The molecule has 86 valence electrons. The predicted molar refractivity (Wildman–Crippen MR) is 51.7 cm³/mol. The van der Waals surface area contributed by atoms with Crippen molar-refractivity contribution in [3.8, 4) is 0 Å². The summed E-state index contributed by atoms with van der Waals surface area (Å²) in [6.07, 6.45) is 0.351. The Morgan fingerprint density at radius 1 is 1.43 bits per heavy atom. The molecule has 0 aromatic heterocycles. The van der Waals surface area contributed by atoms with E-state index in [4.69, 9.17) is 5.50 Å². The van der Waals surface area contributed by atoms with E-state index >= 15 is 0 Å². The smallest absolute Gasteiger partial charge is 0.238 e. The second-order valence-corrected chi connectivity index (χ2v) is 6.13. The normalized spacial score (nSPS) is 16.9. The highest BCUT2D eigenvalue weighted by molar-refractivity contribution is 7.90. The van der Waals surface area contributed by atoms with Crippen LogP contribution < -0.4 is 5.50 Å². The molecular weight excluding hydrogens is 231 g/mol. The predicted octanol–water partition coefficient (Wildman–Crippen LogP) is 0.303. The lowest BCUT2D eigenvalue weighted by Crippen LogP contribution is -2.19. The van der Waals surface area contributed by atoms with Crippen molar-refractivity contribution in [2.75, 3.05) is 19.8 Å². The van der Waals surface area contributed by atoms with Gasteiger partial charge in [-0.3, -0.25) is 0 Å². The molecule has 0 bridgehead atoms. The molecule has 0 aliphatic rings. The maximum Gasteiger partial charge on any atom is 0.434 e. The molecule has 0 saturated carbocycles. The first kappa shape index (κ1) is 14.0. The summed E-state index contributed by atoms with van der Waals surface area (Å²) >= 11 is 0. The van der Waals surface area contributed by atoms with Gasteiger partial charge in [0.2, 0.25) is 0 Å². The molecule has 0 aliphatic carbocycles. The van der Waals surface area contributed by atoms with E-state index in [1.807, 2.05) is 0 Å². The Morgan fingerprint density at radius 2 is 1.93 bits per heavy atom.